The molecule has 3 heteroatoms. The zero-order valence-corrected chi connectivity index (χ0v) is 8.31. The lowest BCUT2D eigenvalue weighted by molar-refractivity contribution is 1.13. The Balaban J connectivity index is 2.69. The summed E-state index contributed by atoms with van der Waals surface area (Å²) >= 11 is 6.09. The van der Waals surface area contributed by atoms with E-state index >= 15 is 0 Å². The quantitative estimate of drug-likeness (QED) is 0.738. The third-order valence-corrected chi connectivity index (χ3v) is 2.34. The molecule has 0 spiro atoms. The van der Waals surface area contributed by atoms with Gasteiger partial charge in [0, 0.05) is 25.0 Å². The van der Waals surface area contributed by atoms with Crippen LogP contribution in [-0.2, 0) is 0 Å². The summed E-state index contributed by atoms with van der Waals surface area (Å²) in [4.78, 5) is 5.02. The molecule has 2 nitrogen and oxygen atoms in total. The number of fused-ring (bicyclic) bond motifs is 1. The second kappa shape index (κ2) is 2.96. The van der Waals surface area contributed by atoms with Crippen molar-refractivity contribution in [2.45, 2.75) is 0 Å². The van der Waals surface area contributed by atoms with Crippen LogP contribution in [0.4, 0.5) is 5.69 Å². The number of aromatic amines is 1. The lowest BCUT2D eigenvalue weighted by Gasteiger charge is -2.14. The van der Waals surface area contributed by atoms with E-state index in [-0.39, 0.29) is 0 Å². The third-order valence-electron chi connectivity index (χ3n) is 2.04. The molecule has 13 heavy (non-hydrogen) atoms. The van der Waals surface area contributed by atoms with E-state index in [4.69, 9.17) is 11.6 Å². The highest BCUT2D eigenvalue weighted by Gasteiger charge is 2.04. The number of benzene rings is 1. The van der Waals surface area contributed by atoms with Crippen molar-refractivity contribution in [2.75, 3.05) is 19.0 Å². The first-order valence-electron chi connectivity index (χ1n) is 4.04. The molecule has 0 aliphatic rings. The lowest BCUT2D eigenvalue weighted by Crippen LogP contribution is -2.08. The minimum absolute atomic E-state index is 0.769. The summed E-state index contributed by atoms with van der Waals surface area (Å²) < 4.78 is 0. The Labute approximate surface area is 82.1 Å². The summed E-state index contributed by atoms with van der Waals surface area (Å²) in [5.74, 6) is 0. The molecule has 2 aromatic rings. The number of aromatic nitrogens is 1. The van der Waals surface area contributed by atoms with Crippen LogP contribution in [0, 0.1) is 6.20 Å². The average Bonchev–Trinajstić information content (AvgIpc) is 2.48. The van der Waals surface area contributed by atoms with Crippen LogP contribution in [0.15, 0.2) is 18.2 Å². The maximum absolute atomic E-state index is 6.09. The molecular formula is C10H10ClN2. The first kappa shape index (κ1) is 8.45. The molecule has 0 fully saturated rings. The Morgan fingerprint density at radius 2 is 2.15 bits per heavy atom. The van der Waals surface area contributed by atoms with Crippen molar-refractivity contribution >= 4 is 28.2 Å². The Hall–Kier alpha value is -1.15. The lowest BCUT2D eigenvalue weighted by atomic mass is 10.2. The van der Waals surface area contributed by atoms with E-state index in [2.05, 4.69) is 11.2 Å². The number of rotatable bonds is 1. The van der Waals surface area contributed by atoms with Gasteiger partial charge in [-0.25, -0.2) is 0 Å². The molecule has 0 atom stereocenters. The van der Waals surface area contributed by atoms with E-state index in [9.17, 15) is 0 Å². The van der Waals surface area contributed by atoms with E-state index in [1.54, 1.807) is 0 Å². The van der Waals surface area contributed by atoms with E-state index in [0.717, 1.165) is 21.6 Å². The van der Waals surface area contributed by atoms with E-state index < -0.39 is 0 Å². The zero-order chi connectivity index (χ0) is 9.42. The molecule has 1 radical (unpaired) electrons. The van der Waals surface area contributed by atoms with E-state index in [1.165, 1.54) is 0 Å². The number of hydrogen-bond donors (Lipinski definition) is 1. The van der Waals surface area contributed by atoms with Crippen LogP contribution in [0.25, 0.3) is 10.9 Å². The van der Waals surface area contributed by atoms with Gasteiger partial charge in [-0.15, -0.1) is 0 Å². The largest absolute Gasteiger partial charge is 0.376 e. The third kappa shape index (κ3) is 1.38. The summed E-state index contributed by atoms with van der Waals surface area (Å²) in [6.45, 7) is 0. The van der Waals surface area contributed by atoms with Crippen molar-refractivity contribution in [2.24, 2.45) is 0 Å². The molecule has 1 heterocycles. The summed E-state index contributed by atoms with van der Waals surface area (Å²) in [6, 6.07) is 5.86. The van der Waals surface area contributed by atoms with Crippen LogP contribution < -0.4 is 4.90 Å². The van der Waals surface area contributed by atoms with Gasteiger partial charge in [0.2, 0.25) is 0 Å². The highest BCUT2D eigenvalue weighted by molar-refractivity contribution is 6.34. The van der Waals surface area contributed by atoms with Crippen molar-refractivity contribution in [1.29, 1.82) is 0 Å². The Morgan fingerprint density at radius 3 is 2.85 bits per heavy atom. The van der Waals surface area contributed by atoms with Crippen molar-refractivity contribution in [3.8, 4) is 0 Å². The van der Waals surface area contributed by atoms with Crippen LogP contribution in [-0.4, -0.2) is 19.1 Å². The van der Waals surface area contributed by atoms with Gasteiger partial charge in [0.1, 0.15) is 0 Å². The smallest absolute Gasteiger partial charge is 0.0646 e. The predicted molar refractivity (Wildman–Crippen MR) is 56.5 cm³/mol. The minimum Gasteiger partial charge on any atom is -0.376 e. The molecule has 2 rings (SSSR count). The van der Waals surface area contributed by atoms with Crippen molar-refractivity contribution < 1.29 is 0 Å². The van der Waals surface area contributed by atoms with Crippen molar-refractivity contribution in [3.05, 3.63) is 29.4 Å². The maximum Gasteiger partial charge on any atom is 0.0646 e. The van der Waals surface area contributed by atoms with Gasteiger partial charge in [0.05, 0.1) is 16.9 Å². The monoisotopic (exact) mass is 193 g/mol. The fourth-order valence-electron chi connectivity index (χ4n) is 1.34. The highest BCUT2D eigenvalue weighted by atomic mass is 35.5. The fourth-order valence-corrected chi connectivity index (χ4v) is 1.68. The first-order valence-corrected chi connectivity index (χ1v) is 4.42. The normalized spacial score (nSPS) is 10.7. The summed E-state index contributed by atoms with van der Waals surface area (Å²) in [5, 5.41) is 1.86. The van der Waals surface area contributed by atoms with Crippen LogP contribution in [0.5, 0.6) is 0 Å². The van der Waals surface area contributed by atoms with Gasteiger partial charge in [-0.3, -0.25) is 0 Å². The van der Waals surface area contributed by atoms with Gasteiger partial charge < -0.3 is 9.88 Å². The summed E-state index contributed by atoms with van der Waals surface area (Å²) in [5.41, 5.74) is 2.08. The van der Waals surface area contributed by atoms with Crippen LogP contribution in [0.1, 0.15) is 0 Å². The fraction of sp³-hybridized carbons (Fsp3) is 0.200. The Bertz CT molecular complexity index is 431. The van der Waals surface area contributed by atoms with Gasteiger partial charge >= 0.3 is 0 Å². The summed E-state index contributed by atoms with van der Waals surface area (Å²) in [6.07, 6.45) is 2.93. The molecule has 0 unspecified atom stereocenters. The van der Waals surface area contributed by atoms with Crippen LogP contribution in [0.2, 0.25) is 5.02 Å². The molecule has 1 aromatic heterocycles. The Kier molecular flexibility index (Phi) is 1.93. The van der Waals surface area contributed by atoms with E-state index in [1.807, 2.05) is 37.2 Å². The average molecular weight is 194 g/mol. The van der Waals surface area contributed by atoms with Crippen molar-refractivity contribution in [1.82, 2.24) is 4.98 Å². The van der Waals surface area contributed by atoms with E-state index in [0.29, 0.717) is 0 Å². The van der Waals surface area contributed by atoms with Crippen molar-refractivity contribution in [3.63, 3.8) is 0 Å². The second-order valence-corrected chi connectivity index (χ2v) is 3.61. The number of anilines is 1. The molecule has 1 aromatic carbocycles. The molecule has 67 valence electrons. The molecular weight excluding hydrogens is 184 g/mol. The summed E-state index contributed by atoms with van der Waals surface area (Å²) in [7, 11) is 3.94. The van der Waals surface area contributed by atoms with Crippen LogP contribution in [0.3, 0.4) is 0 Å². The number of H-pyrrole nitrogens is 1. The maximum atomic E-state index is 6.09. The molecule has 1 N–H and O–H groups in total. The number of nitrogens with zero attached hydrogens (tertiary/aromatic N) is 1. The number of halogens is 1. The number of nitrogens with one attached hydrogen (secondary N) is 1. The predicted octanol–water partition coefficient (Wildman–Crippen LogP) is 2.69. The van der Waals surface area contributed by atoms with Gasteiger partial charge in [0.25, 0.3) is 0 Å². The Morgan fingerprint density at radius 1 is 1.38 bits per heavy atom. The van der Waals surface area contributed by atoms with Gasteiger partial charge in [-0.1, -0.05) is 11.6 Å². The molecule has 0 amide bonds. The van der Waals surface area contributed by atoms with Gasteiger partial charge in [-0.2, -0.15) is 0 Å². The molecule has 0 aliphatic carbocycles. The second-order valence-electron chi connectivity index (χ2n) is 3.20. The topological polar surface area (TPSA) is 19.0 Å². The van der Waals surface area contributed by atoms with Gasteiger partial charge in [0.15, 0.2) is 0 Å². The molecule has 0 saturated heterocycles. The first-order chi connectivity index (χ1) is 6.18. The van der Waals surface area contributed by atoms with Gasteiger partial charge in [-0.05, 0) is 18.2 Å². The number of hydrogen-bond acceptors (Lipinski definition) is 1. The minimum atomic E-state index is 0.769. The highest BCUT2D eigenvalue weighted by Crippen LogP contribution is 2.28. The standard InChI is InChI=1S/C10H10ClN2/c1-13(2)10-6-9-7(3-4-12-9)5-8(10)11/h3,5-6,12H,1-2H3. The van der Waals surface area contributed by atoms with Crippen LogP contribution >= 0.6 is 11.6 Å². The SMILES string of the molecule is CN(C)c1cc2[nH][c]cc2cc1Cl. The zero-order valence-electron chi connectivity index (χ0n) is 7.56. The molecule has 0 aliphatic heterocycles. The molecule has 0 saturated carbocycles. The molecule has 0 bridgehead atoms.